The minimum absolute atomic E-state index is 0.0335. The fourth-order valence-electron chi connectivity index (χ4n) is 4.18. The molecule has 35 heavy (non-hydrogen) atoms. The maximum Gasteiger partial charge on any atom is 0.239 e. The van der Waals surface area contributed by atoms with Gasteiger partial charge < -0.3 is 20.7 Å². The number of fused-ring (bicyclic) bond motifs is 1. The number of hydrogen-bond donors (Lipinski definition) is 3. The number of rotatable bonds is 10. The van der Waals surface area contributed by atoms with E-state index >= 15 is 0 Å². The van der Waals surface area contributed by atoms with Crippen molar-refractivity contribution in [2.45, 2.75) is 45.2 Å². The number of benzene rings is 2. The molecule has 9 heteroatoms. The van der Waals surface area contributed by atoms with E-state index in [1.165, 1.54) is 6.42 Å². The van der Waals surface area contributed by atoms with Gasteiger partial charge >= 0.3 is 0 Å². The standard InChI is InChI=1S/C26H34N6O3/c27-26-29-23-16-22(35-15-7-10-24(33)30-32-13-5-2-6-14-32)12-11-21(23)18-31(26)19-25(34)28-17-20-8-3-1-4-9-20/h1,3-4,8-9,11-12,16H,2,5-7,10,13-15,17-19H2,(H2,27,29)(H,28,34)(H,30,33). The molecule has 0 radical (unpaired) electrons. The van der Waals surface area contributed by atoms with E-state index in [1.54, 1.807) is 4.90 Å². The van der Waals surface area contributed by atoms with E-state index in [4.69, 9.17) is 10.5 Å². The summed E-state index contributed by atoms with van der Waals surface area (Å²) in [6.07, 6.45) is 4.56. The molecule has 9 nitrogen and oxygen atoms in total. The molecule has 2 amide bonds. The van der Waals surface area contributed by atoms with Crippen LogP contribution in [0.15, 0.2) is 53.5 Å². The van der Waals surface area contributed by atoms with E-state index in [0.717, 1.165) is 42.7 Å². The second-order valence-corrected chi connectivity index (χ2v) is 8.91. The SMILES string of the molecule is NC1=Nc2cc(OCCCC(=O)NN3CCCCC3)ccc2CN1CC(=O)NCc1ccccc1. The van der Waals surface area contributed by atoms with Gasteiger partial charge in [0.15, 0.2) is 5.96 Å². The fourth-order valence-corrected chi connectivity index (χ4v) is 4.18. The highest BCUT2D eigenvalue weighted by molar-refractivity contribution is 5.88. The number of carbonyl (C=O) groups is 2. The van der Waals surface area contributed by atoms with E-state index in [-0.39, 0.29) is 18.4 Å². The summed E-state index contributed by atoms with van der Waals surface area (Å²) < 4.78 is 5.83. The van der Waals surface area contributed by atoms with Gasteiger partial charge in [-0.25, -0.2) is 10.0 Å². The average Bonchev–Trinajstić information content (AvgIpc) is 2.87. The predicted molar refractivity (Wildman–Crippen MR) is 135 cm³/mol. The van der Waals surface area contributed by atoms with Gasteiger partial charge in [-0.3, -0.25) is 15.0 Å². The van der Waals surface area contributed by atoms with Crippen LogP contribution in [-0.4, -0.2) is 53.9 Å². The Morgan fingerprint density at radius 3 is 2.63 bits per heavy atom. The molecule has 1 fully saturated rings. The molecular formula is C26H34N6O3. The Morgan fingerprint density at radius 2 is 1.83 bits per heavy atom. The maximum absolute atomic E-state index is 12.4. The van der Waals surface area contributed by atoms with Gasteiger partial charge in [-0.15, -0.1) is 0 Å². The van der Waals surface area contributed by atoms with E-state index in [9.17, 15) is 9.59 Å². The van der Waals surface area contributed by atoms with E-state index < -0.39 is 0 Å². The lowest BCUT2D eigenvalue weighted by atomic mass is 10.1. The van der Waals surface area contributed by atoms with Crippen LogP contribution in [0.5, 0.6) is 5.75 Å². The summed E-state index contributed by atoms with van der Waals surface area (Å²) in [5, 5.41) is 4.93. The molecule has 4 N–H and O–H groups in total. The fraction of sp³-hybridized carbons (Fsp3) is 0.423. The third-order valence-corrected chi connectivity index (χ3v) is 6.10. The Morgan fingerprint density at radius 1 is 1.03 bits per heavy atom. The number of hydrazine groups is 1. The van der Waals surface area contributed by atoms with E-state index in [1.807, 2.05) is 53.5 Å². The monoisotopic (exact) mass is 478 g/mol. The van der Waals surface area contributed by atoms with Crippen LogP contribution in [0.3, 0.4) is 0 Å². The number of guanidine groups is 1. The smallest absolute Gasteiger partial charge is 0.239 e. The summed E-state index contributed by atoms with van der Waals surface area (Å²) in [6, 6.07) is 15.4. The topological polar surface area (TPSA) is 112 Å². The summed E-state index contributed by atoms with van der Waals surface area (Å²) in [5.74, 6) is 0.913. The highest BCUT2D eigenvalue weighted by Gasteiger charge is 2.20. The molecule has 2 aromatic rings. The number of amides is 2. The second kappa shape index (κ2) is 12.2. The summed E-state index contributed by atoms with van der Waals surface area (Å²) in [6.45, 7) is 3.41. The Kier molecular flexibility index (Phi) is 8.56. The summed E-state index contributed by atoms with van der Waals surface area (Å²) >= 11 is 0. The van der Waals surface area contributed by atoms with E-state index in [0.29, 0.717) is 44.2 Å². The molecule has 0 unspecified atom stereocenters. The molecule has 0 saturated carbocycles. The lowest BCUT2D eigenvalue weighted by molar-refractivity contribution is -0.126. The highest BCUT2D eigenvalue weighted by atomic mass is 16.5. The first kappa shape index (κ1) is 24.5. The number of nitrogens with one attached hydrogen (secondary N) is 2. The number of carbonyl (C=O) groups excluding carboxylic acids is 2. The zero-order valence-electron chi connectivity index (χ0n) is 20.0. The van der Waals surface area contributed by atoms with Crippen molar-refractivity contribution in [2.24, 2.45) is 10.7 Å². The molecule has 2 aliphatic heterocycles. The van der Waals surface area contributed by atoms with Gasteiger partial charge in [-0.2, -0.15) is 0 Å². The van der Waals surface area contributed by atoms with Crippen LogP contribution in [-0.2, 0) is 22.7 Å². The summed E-state index contributed by atoms with van der Waals surface area (Å²) in [4.78, 5) is 30.7. The largest absolute Gasteiger partial charge is 0.494 e. The number of hydrogen-bond acceptors (Lipinski definition) is 7. The predicted octanol–water partition coefficient (Wildman–Crippen LogP) is 2.44. The van der Waals surface area contributed by atoms with E-state index in [2.05, 4.69) is 15.7 Å². The van der Waals surface area contributed by atoms with Crippen LogP contribution in [0.25, 0.3) is 0 Å². The molecule has 0 atom stereocenters. The van der Waals surface area contributed by atoms with Gasteiger partial charge in [-0.1, -0.05) is 42.8 Å². The van der Waals surface area contributed by atoms with Crippen molar-refractivity contribution in [1.29, 1.82) is 0 Å². The molecule has 4 rings (SSSR count). The second-order valence-electron chi connectivity index (χ2n) is 8.91. The minimum atomic E-state index is -0.111. The van der Waals surface area contributed by atoms with Crippen molar-refractivity contribution in [2.75, 3.05) is 26.2 Å². The van der Waals surface area contributed by atoms with Gasteiger partial charge in [0.05, 0.1) is 18.8 Å². The van der Waals surface area contributed by atoms with Crippen LogP contribution in [0.2, 0.25) is 0 Å². The lowest BCUT2D eigenvalue weighted by Gasteiger charge is -2.27. The summed E-state index contributed by atoms with van der Waals surface area (Å²) in [7, 11) is 0. The Balaban J connectivity index is 1.20. The van der Waals surface area contributed by atoms with Crippen molar-refractivity contribution in [3.8, 4) is 5.75 Å². The molecule has 186 valence electrons. The zero-order valence-corrected chi connectivity index (χ0v) is 20.0. The lowest BCUT2D eigenvalue weighted by Crippen LogP contribution is -2.45. The molecule has 2 aliphatic rings. The Labute approximate surface area is 206 Å². The minimum Gasteiger partial charge on any atom is -0.494 e. The van der Waals surface area contributed by atoms with Crippen molar-refractivity contribution >= 4 is 23.5 Å². The van der Waals surface area contributed by atoms with Gasteiger partial charge in [-0.05, 0) is 36.5 Å². The first-order chi connectivity index (χ1) is 17.1. The number of nitrogens with two attached hydrogens (primary N) is 1. The molecule has 0 aromatic heterocycles. The van der Waals surface area contributed by atoms with Crippen molar-refractivity contribution in [1.82, 2.24) is 20.7 Å². The van der Waals surface area contributed by atoms with Gasteiger partial charge in [0.25, 0.3) is 0 Å². The van der Waals surface area contributed by atoms with Crippen LogP contribution in [0.4, 0.5) is 5.69 Å². The van der Waals surface area contributed by atoms with Gasteiger partial charge in [0, 0.05) is 38.7 Å². The maximum atomic E-state index is 12.4. The number of nitrogens with zero attached hydrogens (tertiary/aromatic N) is 3. The molecule has 2 aromatic carbocycles. The molecule has 1 saturated heterocycles. The normalized spacial score (nSPS) is 15.7. The highest BCUT2D eigenvalue weighted by Crippen LogP contribution is 2.29. The average molecular weight is 479 g/mol. The first-order valence-electron chi connectivity index (χ1n) is 12.3. The molecule has 0 bridgehead atoms. The summed E-state index contributed by atoms with van der Waals surface area (Å²) in [5.41, 5.74) is 11.9. The number of piperidine rings is 1. The van der Waals surface area contributed by atoms with Crippen molar-refractivity contribution in [3.05, 3.63) is 59.7 Å². The van der Waals surface area contributed by atoms with Crippen LogP contribution < -0.4 is 21.2 Å². The van der Waals surface area contributed by atoms with Crippen LogP contribution in [0, 0.1) is 0 Å². The third kappa shape index (κ3) is 7.45. The third-order valence-electron chi connectivity index (χ3n) is 6.10. The van der Waals surface area contributed by atoms with Gasteiger partial charge in [0.1, 0.15) is 5.75 Å². The number of ether oxygens (including phenoxy) is 1. The Hall–Kier alpha value is -3.59. The zero-order chi connectivity index (χ0) is 24.5. The quantitative estimate of drug-likeness (QED) is 0.452. The van der Waals surface area contributed by atoms with Crippen molar-refractivity contribution in [3.63, 3.8) is 0 Å². The van der Waals surface area contributed by atoms with Crippen molar-refractivity contribution < 1.29 is 14.3 Å². The molecule has 2 heterocycles. The molecule has 0 spiro atoms. The van der Waals surface area contributed by atoms with Crippen LogP contribution >= 0.6 is 0 Å². The Bertz CT molecular complexity index is 1040. The first-order valence-corrected chi connectivity index (χ1v) is 12.3. The van der Waals surface area contributed by atoms with Crippen LogP contribution in [0.1, 0.15) is 43.2 Å². The molecular weight excluding hydrogens is 444 g/mol. The molecule has 0 aliphatic carbocycles. The van der Waals surface area contributed by atoms with Gasteiger partial charge in [0.2, 0.25) is 11.8 Å². The number of aliphatic imine (C=N–C) groups is 1.